The van der Waals surface area contributed by atoms with Gasteiger partial charge in [-0.05, 0) is 30.2 Å². The molecule has 0 aromatic heterocycles. The summed E-state index contributed by atoms with van der Waals surface area (Å²) >= 11 is 10.9. The van der Waals surface area contributed by atoms with Gasteiger partial charge in [0, 0.05) is 5.56 Å². The van der Waals surface area contributed by atoms with Crippen LogP contribution >= 0.6 is 23.2 Å². The predicted molar refractivity (Wildman–Crippen MR) is 67.5 cm³/mol. The Bertz CT molecular complexity index is 383. The van der Waals surface area contributed by atoms with Crippen molar-refractivity contribution in [2.45, 2.75) is 19.8 Å². The van der Waals surface area contributed by atoms with E-state index < -0.39 is 0 Å². The first-order valence-corrected chi connectivity index (χ1v) is 5.73. The van der Waals surface area contributed by atoms with Crippen molar-refractivity contribution in [3.05, 3.63) is 34.3 Å². The van der Waals surface area contributed by atoms with Crippen LogP contribution in [-0.4, -0.2) is 11.7 Å². The SMILES string of the molecule is CC(C)c1cc(OCC=C(Cl)Cl)ccc1O. The van der Waals surface area contributed by atoms with E-state index in [1.54, 1.807) is 18.2 Å². The summed E-state index contributed by atoms with van der Waals surface area (Å²) in [5.41, 5.74) is 0.860. The summed E-state index contributed by atoms with van der Waals surface area (Å²) in [6, 6.07) is 5.14. The zero-order valence-corrected chi connectivity index (χ0v) is 10.7. The first-order chi connectivity index (χ1) is 7.50. The van der Waals surface area contributed by atoms with Crippen molar-refractivity contribution in [3.8, 4) is 11.5 Å². The highest BCUT2D eigenvalue weighted by atomic mass is 35.5. The second-order valence-electron chi connectivity index (χ2n) is 3.68. The van der Waals surface area contributed by atoms with Crippen LogP contribution in [0.1, 0.15) is 25.3 Å². The quantitative estimate of drug-likeness (QED) is 0.879. The summed E-state index contributed by atoms with van der Waals surface area (Å²) in [5, 5.41) is 9.61. The van der Waals surface area contributed by atoms with Crippen LogP contribution in [0.25, 0.3) is 0 Å². The van der Waals surface area contributed by atoms with E-state index in [9.17, 15) is 5.11 Å². The van der Waals surface area contributed by atoms with Gasteiger partial charge in [0.15, 0.2) is 0 Å². The Morgan fingerprint density at radius 1 is 1.44 bits per heavy atom. The lowest BCUT2D eigenvalue weighted by molar-refractivity contribution is 0.360. The highest BCUT2D eigenvalue weighted by Gasteiger charge is 2.07. The molecular formula is C12H14Cl2O2. The van der Waals surface area contributed by atoms with Gasteiger partial charge in [-0.3, -0.25) is 0 Å². The van der Waals surface area contributed by atoms with E-state index in [4.69, 9.17) is 27.9 Å². The third-order valence-electron chi connectivity index (χ3n) is 2.11. The smallest absolute Gasteiger partial charge is 0.120 e. The Balaban J connectivity index is 2.75. The molecule has 0 heterocycles. The van der Waals surface area contributed by atoms with Crippen molar-refractivity contribution >= 4 is 23.2 Å². The normalized spacial score (nSPS) is 10.3. The van der Waals surface area contributed by atoms with E-state index in [2.05, 4.69) is 0 Å². The molecule has 0 aliphatic carbocycles. The van der Waals surface area contributed by atoms with E-state index in [1.165, 1.54) is 0 Å². The van der Waals surface area contributed by atoms with Crippen molar-refractivity contribution in [3.63, 3.8) is 0 Å². The average molecular weight is 261 g/mol. The van der Waals surface area contributed by atoms with E-state index in [1.807, 2.05) is 19.9 Å². The van der Waals surface area contributed by atoms with E-state index in [0.29, 0.717) is 12.4 Å². The molecule has 1 rings (SSSR count). The molecular weight excluding hydrogens is 247 g/mol. The van der Waals surface area contributed by atoms with Crippen molar-refractivity contribution in [1.82, 2.24) is 0 Å². The maximum absolute atomic E-state index is 9.61. The summed E-state index contributed by atoms with van der Waals surface area (Å²) in [6.45, 7) is 4.33. The van der Waals surface area contributed by atoms with Crippen LogP contribution in [0.2, 0.25) is 0 Å². The van der Waals surface area contributed by atoms with E-state index in [-0.39, 0.29) is 16.2 Å². The van der Waals surface area contributed by atoms with Crippen LogP contribution in [0, 0.1) is 0 Å². The second-order valence-corrected chi connectivity index (χ2v) is 4.69. The van der Waals surface area contributed by atoms with Gasteiger partial charge in [-0.25, -0.2) is 0 Å². The Labute approximate surface area is 105 Å². The van der Waals surface area contributed by atoms with Gasteiger partial charge in [0.05, 0.1) is 0 Å². The van der Waals surface area contributed by atoms with Gasteiger partial charge in [-0.1, -0.05) is 37.0 Å². The summed E-state index contributed by atoms with van der Waals surface area (Å²) < 4.78 is 5.59. The number of hydrogen-bond acceptors (Lipinski definition) is 2. The first-order valence-electron chi connectivity index (χ1n) is 4.97. The number of benzene rings is 1. The van der Waals surface area contributed by atoms with Crippen LogP contribution in [0.3, 0.4) is 0 Å². The molecule has 88 valence electrons. The first kappa shape index (κ1) is 13.2. The molecule has 1 N–H and O–H groups in total. The van der Waals surface area contributed by atoms with Crippen LogP contribution < -0.4 is 4.74 Å². The van der Waals surface area contributed by atoms with Crippen molar-refractivity contribution in [1.29, 1.82) is 0 Å². The molecule has 4 heteroatoms. The fourth-order valence-electron chi connectivity index (χ4n) is 1.29. The topological polar surface area (TPSA) is 29.5 Å². The number of aromatic hydroxyl groups is 1. The molecule has 0 spiro atoms. The molecule has 0 saturated heterocycles. The van der Waals surface area contributed by atoms with Gasteiger partial charge < -0.3 is 9.84 Å². The molecule has 0 bridgehead atoms. The van der Waals surface area contributed by atoms with Gasteiger partial charge in [-0.15, -0.1) is 0 Å². The number of phenolic OH excluding ortho intramolecular Hbond substituents is 1. The van der Waals surface area contributed by atoms with Gasteiger partial charge in [0.25, 0.3) is 0 Å². The zero-order valence-electron chi connectivity index (χ0n) is 9.21. The van der Waals surface area contributed by atoms with Crippen molar-refractivity contribution < 1.29 is 9.84 Å². The molecule has 0 fully saturated rings. The second kappa shape index (κ2) is 6.02. The number of rotatable bonds is 4. The highest BCUT2D eigenvalue weighted by Crippen LogP contribution is 2.29. The molecule has 16 heavy (non-hydrogen) atoms. The van der Waals surface area contributed by atoms with E-state index in [0.717, 1.165) is 5.56 Å². The van der Waals surface area contributed by atoms with Crippen LogP contribution in [0.4, 0.5) is 0 Å². The lowest BCUT2D eigenvalue weighted by Crippen LogP contribution is -1.95. The fourth-order valence-corrected chi connectivity index (χ4v) is 1.41. The maximum Gasteiger partial charge on any atom is 0.120 e. The molecule has 0 aliphatic rings. The third-order valence-corrected chi connectivity index (χ3v) is 2.42. The summed E-state index contributed by atoms with van der Waals surface area (Å²) in [5.74, 6) is 1.22. The average Bonchev–Trinajstić information content (AvgIpc) is 2.19. The van der Waals surface area contributed by atoms with Crippen molar-refractivity contribution in [2.75, 3.05) is 6.61 Å². The molecule has 1 aromatic carbocycles. The minimum atomic E-state index is 0.183. The lowest BCUT2D eigenvalue weighted by atomic mass is 10.0. The molecule has 0 saturated carbocycles. The molecule has 0 unspecified atom stereocenters. The number of hydrogen-bond donors (Lipinski definition) is 1. The Morgan fingerprint density at radius 2 is 2.12 bits per heavy atom. The summed E-state index contributed by atoms with van der Waals surface area (Å²) in [4.78, 5) is 0. The predicted octanol–water partition coefficient (Wildman–Crippen LogP) is 4.21. The van der Waals surface area contributed by atoms with Crippen molar-refractivity contribution in [2.24, 2.45) is 0 Å². The Kier molecular flexibility index (Phi) is 4.97. The Hall–Kier alpha value is -0.860. The third kappa shape index (κ3) is 3.95. The van der Waals surface area contributed by atoms with Crippen LogP contribution in [0.15, 0.2) is 28.8 Å². The summed E-state index contributed by atoms with van der Waals surface area (Å²) in [7, 11) is 0. The molecule has 1 aromatic rings. The van der Waals surface area contributed by atoms with Crippen LogP contribution in [-0.2, 0) is 0 Å². The number of ether oxygens (including phenoxy) is 1. The lowest BCUT2D eigenvalue weighted by Gasteiger charge is -2.10. The minimum absolute atomic E-state index is 0.183. The van der Waals surface area contributed by atoms with Gasteiger partial charge in [-0.2, -0.15) is 0 Å². The van der Waals surface area contributed by atoms with Crippen LogP contribution in [0.5, 0.6) is 11.5 Å². The fraction of sp³-hybridized carbons (Fsp3) is 0.333. The molecule has 0 radical (unpaired) electrons. The highest BCUT2D eigenvalue weighted by molar-refractivity contribution is 6.55. The van der Waals surface area contributed by atoms with E-state index >= 15 is 0 Å². The maximum atomic E-state index is 9.61. The van der Waals surface area contributed by atoms with Gasteiger partial charge in [0.2, 0.25) is 0 Å². The zero-order chi connectivity index (χ0) is 12.1. The number of halogens is 2. The molecule has 0 amide bonds. The Morgan fingerprint density at radius 3 is 2.69 bits per heavy atom. The molecule has 0 aliphatic heterocycles. The molecule has 0 atom stereocenters. The minimum Gasteiger partial charge on any atom is -0.508 e. The van der Waals surface area contributed by atoms with Gasteiger partial charge >= 0.3 is 0 Å². The van der Waals surface area contributed by atoms with Gasteiger partial charge in [0.1, 0.15) is 22.6 Å². The monoisotopic (exact) mass is 260 g/mol. The largest absolute Gasteiger partial charge is 0.508 e. The summed E-state index contributed by atoms with van der Waals surface area (Å²) in [6.07, 6.45) is 1.56. The molecule has 2 nitrogen and oxygen atoms in total. The number of phenols is 1. The standard InChI is InChI=1S/C12H14Cl2O2/c1-8(2)10-7-9(3-4-11(10)15)16-6-5-12(13)14/h3-5,7-8,15H,6H2,1-2H3.